The van der Waals surface area contributed by atoms with Gasteiger partial charge in [-0.15, -0.1) is 0 Å². The van der Waals surface area contributed by atoms with Crippen molar-refractivity contribution >= 4 is 5.69 Å². The Morgan fingerprint density at radius 1 is 1.10 bits per heavy atom. The summed E-state index contributed by atoms with van der Waals surface area (Å²) < 4.78 is 5.31. The number of unbranched alkanes of at least 4 members (excludes halogenated alkanes) is 2. The van der Waals surface area contributed by atoms with E-state index in [1.54, 1.807) is 7.11 Å². The number of methoxy groups -OCH3 is 1. The van der Waals surface area contributed by atoms with Crippen LogP contribution in [0.4, 0.5) is 5.69 Å². The van der Waals surface area contributed by atoms with Crippen molar-refractivity contribution in [1.29, 1.82) is 0 Å². The minimum absolute atomic E-state index is 0.944. The van der Waals surface area contributed by atoms with Gasteiger partial charge in [0.05, 0.1) is 7.11 Å². The van der Waals surface area contributed by atoms with Gasteiger partial charge in [-0.05, 0) is 45.1 Å². The molecule has 0 aromatic heterocycles. The molecule has 1 fully saturated rings. The van der Waals surface area contributed by atoms with Gasteiger partial charge in [0.2, 0.25) is 0 Å². The lowest BCUT2D eigenvalue weighted by atomic mass is 10.2. The van der Waals surface area contributed by atoms with E-state index >= 15 is 0 Å². The van der Waals surface area contributed by atoms with Crippen molar-refractivity contribution in [2.75, 3.05) is 58.3 Å². The molecule has 0 saturated carbocycles. The minimum Gasteiger partial charge on any atom is -0.497 e. The molecule has 2 rings (SSSR count). The molecule has 4 nitrogen and oxygen atoms in total. The van der Waals surface area contributed by atoms with E-state index in [2.05, 4.69) is 33.3 Å². The van der Waals surface area contributed by atoms with Crippen LogP contribution in [0.15, 0.2) is 24.3 Å². The van der Waals surface area contributed by atoms with Gasteiger partial charge in [0.1, 0.15) is 5.75 Å². The Kier molecular flexibility index (Phi) is 6.83. The maximum absolute atomic E-state index is 5.31. The highest BCUT2D eigenvalue weighted by molar-refractivity contribution is 5.51. The summed E-state index contributed by atoms with van der Waals surface area (Å²) in [4.78, 5) is 5.05. The molecule has 0 unspecified atom stereocenters. The zero-order valence-corrected chi connectivity index (χ0v) is 13.5. The first-order valence-corrected chi connectivity index (χ1v) is 8.09. The van der Waals surface area contributed by atoms with Crippen LogP contribution in [0.3, 0.4) is 0 Å². The van der Waals surface area contributed by atoms with Crippen molar-refractivity contribution in [2.45, 2.75) is 19.3 Å². The monoisotopic (exact) mass is 291 g/mol. The number of ether oxygens (including phenoxy) is 1. The van der Waals surface area contributed by atoms with Crippen molar-refractivity contribution in [3.63, 3.8) is 0 Å². The first-order valence-electron chi connectivity index (χ1n) is 8.09. The summed E-state index contributed by atoms with van der Waals surface area (Å²) in [5.74, 6) is 0.944. The number of nitrogens with one attached hydrogen (secondary N) is 1. The normalized spacial score (nSPS) is 16.2. The quantitative estimate of drug-likeness (QED) is 0.743. The smallest absolute Gasteiger partial charge is 0.120 e. The summed E-state index contributed by atoms with van der Waals surface area (Å²) in [6.45, 7) is 6.96. The number of rotatable bonds is 8. The second-order valence-electron chi connectivity index (χ2n) is 5.69. The third-order valence-electron chi connectivity index (χ3n) is 4.19. The summed E-state index contributed by atoms with van der Waals surface area (Å²) in [5.41, 5.74) is 1.28. The zero-order valence-electron chi connectivity index (χ0n) is 13.5. The summed E-state index contributed by atoms with van der Waals surface area (Å²) in [7, 11) is 3.75. The number of nitrogens with zero attached hydrogens (tertiary/aromatic N) is 2. The van der Waals surface area contributed by atoms with Gasteiger partial charge >= 0.3 is 0 Å². The van der Waals surface area contributed by atoms with Crippen LogP contribution in [0.25, 0.3) is 0 Å². The second-order valence-corrected chi connectivity index (χ2v) is 5.69. The molecule has 1 aromatic rings. The van der Waals surface area contributed by atoms with Crippen LogP contribution in [0, 0.1) is 0 Å². The van der Waals surface area contributed by atoms with E-state index in [9.17, 15) is 0 Å². The number of hydrogen-bond acceptors (Lipinski definition) is 4. The molecule has 0 amide bonds. The lowest BCUT2D eigenvalue weighted by Crippen LogP contribution is -2.46. The Bertz CT molecular complexity index is 403. The summed E-state index contributed by atoms with van der Waals surface area (Å²) >= 11 is 0. The molecule has 118 valence electrons. The van der Waals surface area contributed by atoms with Gasteiger partial charge in [0.25, 0.3) is 0 Å². The summed E-state index contributed by atoms with van der Waals surface area (Å²) in [5, 5.41) is 3.21. The highest BCUT2D eigenvalue weighted by atomic mass is 16.5. The number of anilines is 1. The lowest BCUT2D eigenvalue weighted by molar-refractivity contribution is 0.252. The maximum atomic E-state index is 5.31. The standard InChI is InChI=1S/C17H29N3O/c1-18-9-4-3-5-10-19-11-13-20(14-12-19)16-7-6-8-17(15-16)21-2/h6-8,15,18H,3-5,9-14H2,1-2H3. The molecule has 1 N–H and O–H groups in total. The summed E-state index contributed by atoms with van der Waals surface area (Å²) in [6, 6.07) is 8.39. The molecule has 0 atom stereocenters. The van der Waals surface area contributed by atoms with Crippen LogP contribution >= 0.6 is 0 Å². The van der Waals surface area contributed by atoms with Crippen molar-refractivity contribution in [3.05, 3.63) is 24.3 Å². The molecular weight excluding hydrogens is 262 g/mol. The number of hydrogen-bond donors (Lipinski definition) is 1. The number of piperazine rings is 1. The Labute approximate surface area is 129 Å². The molecule has 1 aliphatic rings. The van der Waals surface area contributed by atoms with E-state index in [1.807, 2.05) is 13.1 Å². The van der Waals surface area contributed by atoms with Crippen LogP contribution in [-0.2, 0) is 0 Å². The van der Waals surface area contributed by atoms with Gasteiger partial charge < -0.3 is 15.0 Å². The first kappa shape index (κ1) is 16.1. The predicted molar refractivity (Wildman–Crippen MR) is 89.4 cm³/mol. The third-order valence-corrected chi connectivity index (χ3v) is 4.19. The summed E-state index contributed by atoms with van der Waals surface area (Å²) in [6.07, 6.45) is 3.94. The molecule has 1 saturated heterocycles. The van der Waals surface area contributed by atoms with Crippen LogP contribution in [0.5, 0.6) is 5.75 Å². The van der Waals surface area contributed by atoms with E-state index in [0.29, 0.717) is 0 Å². The van der Waals surface area contributed by atoms with Gasteiger partial charge in [-0.2, -0.15) is 0 Å². The molecule has 0 spiro atoms. The van der Waals surface area contributed by atoms with Crippen molar-refractivity contribution in [1.82, 2.24) is 10.2 Å². The molecule has 0 radical (unpaired) electrons. The van der Waals surface area contributed by atoms with Gasteiger partial charge in [-0.1, -0.05) is 12.5 Å². The Morgan fingerprint density at radius 3 is 2.62 bits per heavy atom. The van der Waals surface area contributed by atoms with Crippen LogP contribution in [0.2, 0.25) is 0 Å². The van der Waals surface area contributed by atoms with Crippen LogP contribution in [0.1, 0.15) is 19.3 Å². The Hall–Kier alpha value is -1.26. The fourth-order valence-corrected chi connectivity index (χ4v) is 2.85. The predicted octanol–water partition coefficient (Wildman–Crippen LogP) is 2.21. The molecular formula is C17H29N3O. The largest absolute Gasteiger partial charge is 0.497 e. The molecule has 1 aromatic carbocycles. The second kappa shape index (κ2) is 8.90. The molecule has 1 aliphatic heterocycles. The molecule has 21 heavy (non-hydrogen) atoms. The van der Waals surface area contributed by atoms with Gasteiger partial charge in [-0.3, -0.25) is 4.90 Å². The fourth-order valence-electron chi connectivity index (χ4n) is 2.85. The van der Waals surface area contributed by atoms with Crippen LogP contribution < -0.4 is 15.0 Å². The van der Waals surface area contributed by atoms with Gasteiger partial charge in [0.15, 0.2) is 0 Å². The molecule has 1 heterocycles. The van der Waals surface area contributed by atoms with E-state index < -0.39 is 0 Å². The topological polar surface area (TPSA) is 27.7 Å². The van der Waals surface area contributed by atoms with Crippen molar-refractivity contribution in [3.8, 4) is 5.75 Å². The average Bonchev–Trinajstić information content (AvgIpc) is 2.55. The SMILES string of the molecule is CNCCCCCN1CCN(c2cccc(OC)c2)CC1. The molecule has 0 bridgehead atoms. The minimum atomic E-state index is 0.944. The Morgan fingerprint density at radius 2 is 1.90 bits per heavy atom. The highest BCUT2D eigenvalue weighted by Crippen LogP contribution is 2.22. The number of benzene rings is 1. The molecule has 4 heteroatoms. The van der Waals surface area contributed by atoms with E-state index in [1.165, 1.54) is 44.6 Å². The molecule has 0 aliphatic carbocycles. The van der Waals surface area contributed by atoms with Gasteiger partial charge in [0, 0.05) is 37.9 Å². The fraction of sp³-hybridized carbons (Fsp3) is 0.647. The highest BCUT2D eigenvalue weighted by Gasteiger charge is 2.16. The van der Waals surface area contributed by atoms with E-state index in [0.717, 1.165) is 25.4 Å². The van der Waals surface area contributed by atoms with Crippen molar-refractivity contribution in [2.24, 2.45) is 0 Å². The first-order chi connectivity index (χ1) is 10.3. The lowest BCUT2D eigenvalue weighted by Gasteiger charge is -2.36. The Balaban J connectivity index is 1.70. The van der Waals surface area contributed by atoms with E-state index in [4.69, 9.17) is 4.74 Å². The van der Waals surface area contributed by atoms with E-state index in [-0.39, 0.29) is 0 Å². The zero-order chi connectivity index (χ0) is 14.9. The van der Waals surface area contributed by atoms with Gasteiger partial charge in [-0.25, -0.2) is 0 Å². The van der Waals surface area contributed by atoms with Crippen LogP contribution in [-0.4, -0.2) is 58.3 Å². The third kappa shape index (κ3) is 5.21. The maximum Gasteiger partial charge on any atom is 0.120 e. The van der Waals surface area contributed by atoms with Crippen molar-refractivity contribution < 1.29 is 4.74 Å². The average molecular weight is 291 g/mol.